The molecule has 40 heavy (non-hydrogen) atoms. The summed E-state index contributed by atoms with van der Waals surface area (Å²) in [7, 11) is 0. The summed E-state index contributed by atoms with van der Waals surface area (Å²) in [4.78, 5) is 10.2. The smallest absolute Gasteiger partial charge is 0.135 e. The van der Waals surface area contributed by atoms with Crippen LogP contribution >= 0.6 is 0 Å². The van der Waals surface area contributed by atoms with Gasteiger partial charge in [0.15, 0.2) is 0 Å². The third kappa shape index (κ3) is 3.60. The molecule has 0 spiro atoms. The van der Waals surface area contributed by atoms with Crippen LogP contribution in [0.1, 0.15) is 26.6 Å². The minimum Gasteiger partial charge on any atom is -0.317 e. The van der Waals surface area contributed by atoms with Gasteiger partial charge in [0.1, 0.15) is 5.82 Å². The third-order valence-corrected chi connectivity index (χ3v) is 7.77. The van der Waals surface area contributed by atoms with E-state index in [1.807, 2.05) is 12.4 Å². The minimum absolute atomic E-state index is 0.212. The molecule has 0 aliphatic carbocycles. The van der Waals surface area contributed by atoms with Crippen molar-refractivity contribution in [2.24, 2.45) is 0 Å². The predicted octanol–water partition coefficient (Wildman–Crippen LogP) is 9.52. The molecule has 0 N–H and O–H groups in total. The van der Waals surface area contributed by atoms with Crippen LogP contribution in [0.15, 0.2) is 104 Å². The Morgan fingerprint density at radius 2 is 0.975 bits per heavy atom. The van der Waals surface area contributed by atoms with Crippen molar-refractivity contribution in [2.75, 3.05) is 0 Å². The Morgan fingerprint density at radius 3 is 1.40 bits per heavy atom. The summed E-state index contributed by atoms with van der Waals surface area (Å²) in [6.45, 7) is 14.6. The molecule has 3 heterocycles. The minimum atomic E-state index is -0.212. The fraction of sp³-hybridized carbons (Fsp3) is 0.111. The SMILES string of the molecule is C=Cn1c2ccccc2c2cc(-c3cc(-c4ccc5c(c4)c4ccccc4n5C=C)nc(C(C)(C)C)n3)ccc21. The van der Waals surface area contributed by atoms with Crippen LogP contribution < -0.4 is 0 Å². The molecule has 0 aliphatic heterocycles. The summed E-state index contributed by atoms with van der Waals surface area (Å²) < 4.78 is 4.30. The Kier molecular flexibility index (Phi) is 5.29. The zero-order valence-electron chi connectivity index (χ0n) is 23.0. The average Bonchev–Trinajstić information content (AvgIpc) is 3.47. The van der Waals surface area contributed by atoms with Crippen molar-refractivity contribution in [1.29, 1.82) is 0 Å². The van der Waals surface area contributed by atoms with Crippen molar-refractivity contribution in [1.82, 2.24) is 19.1 Å². The molecule has 4 nitrogen and oxygen atoms in total. The summed E-state index contributed by atoms with van der Waals surface area (Å²) in [6, 6.07) is 32.2. The number of rotatable bonds is 4. The van der Waals surface area contributed by atoms with E-state index in [0.29, 0.717) is 0 Å². The van der Waals surface area contributed by atoms with E-state index in [1.165, 1.54) is 21.5 Å². The van der Waals surface area contributed by atoms with Crippen molar-refractivity contribution < 1.29 is 0 Å². The van der Waals surface area contributed by atoms with Gasteiger partial charge in [-0.3, -0.25) is 0 Å². The van der Waals surface area contributed by atoms with Gasteiger partial charge in [-0.1, -0.05) is 82.5 Å². The van der Waals surface area contributed by atoms with Gasteiger partial charge in [-0.2, -0.15) is 0 Å². The van der Waals surface area contributed by atoms with E-state index >= 15 is 0 Å². The maximum absolute atomic E-state index is 5.09. The Bertz CT molecular complexity index is 1990. The first-order valence-corrected chi connectivity index (χ1v) is 13.6. The second-order valence-electron chi connectivity index (χ2n) is 11.3. The lowest BCUT2D eigenvalue weighted by Gasteiger charge is -2.19. The first kappa shape index (κ1) is 24.1. The zero-order chi connectivity index (χ0) is 27.6. The molecule has 0 amide bonds. The molecule has 3 aromatic heterocycles. The lowest BCUT2D eigenvalue weighted by molar-refractivity contribution is 0.547. The van der Waals surface area contributed by atoms with E-state index in [1.54, 1.807) is 0 Å². The van der Waals surface area contributed by atoms with Crippen molar-refractivity contribution in [3.8, 4) is 22.5 Å². The van der Waals surface area contributed by atoms with Crippen LogP contribution in [0.4, 0.5) is 0 Å². The second kappa shape index (κ2) is 8.78. The molecule has 0 saturated carbocycles. The molecule has 7 aromatic rings. The normalized spacial score (nSPS) is 12.1. The predicted molar refractivity (Wildman–Crippen MR) is 170 cm³/mol. The van der Waals surface area contributed by atoms with Gasteiger partial charge in [0, 0.05) is 50.5 Å². The van der Waals surface area contributed by atoms with E-state index in [4.69, 9.17) is 9.97 Å². The number of hydrogen-bond acceptors (Lipinski definition) is 2. The van der Waals surface area contributed by atoms with Gasteiger partial charge < -0.3 is 9.13 Å². The van der Waals surface area contributed by atoms with Crippen molar-refractivity contribution in [3.05, 3.63) is 110 Å². The lowest BCUT2D eigenvalue weighted by atomic mass is 9.94. The number of benzene rings is 4. The highest BCUT2D eigenvalue weighted by Gasteiger charge is 2.21. The summed E-state index contributed by atoms with van der Waals surface area (Å²) in [6.07, 6.45) is 3.76. The topological polar surface area (TPSA) is 35.6 Å². The van der Waals surface area contributed by atoms with Gasteiger partial charge in [-0.05, 0) is 42.5 Å². The highest BCUT2D eigenvalue weighted by atomic mass is 15.0. The van der Waals surface area contributed by atoms with Gasteiger partial charge in [-0.25, -0.2) is 9.97 Å². The van der Waals surface area contributed by atoms with E-state index < -0.39 is 0 Å². The average molecular weight is 519 g/mol. The monoisotopic (exact) mass is 518 g/mol. The Morgan fingerprint density at radius 1 is 0.550 bits per heavy atom. The van der Waals surface area contributed by atoms with Crippen LogP contribution in [0, 0.1) is 0 Å². The van der Waals surface area contributed by atoms with E-state index in [2.05, 4.69) is 134 Å². The van der Waals surface area contributed by atoms with Gasteiger partial charge >= 0.3 is 0 Å². The van der Waals surface area contributed by atoms with Crippen molar-refractivity contribution in [2.45, 2.75) is 26.2 Å². The summed E-state index contributed by atoms with van der Waals surface area (Å²) in [5, 5.41) is 4.77. The standard InChI is InChI=1S/C36H30N4/c1-6-39-31-14-10-8-12-25(31)27-20-23(16-18-33(27)39)29-22-30(38-35(37-29)36(3,4)5)24-17-19-34-28(21-24)26-13-9-11-15-32(26)40(34)7-2/h6-22H,1-2H2,3-5H3. The van der Waals surface area contributed by atoms with Crippen LogP contribution in [0.3, 0.4) is 0 Å². The molecule has 0 fully saturated rings. The van der Waals surface area contributed by atoms with Gasteiger partial charge in [0.25, 0.3) is 0 Å². The number of hydrogen-bond donors (Lipinski definition) is 0. The molecule has 0 aliphatic rings. The van der Waals surface area contributed by atoms with Gasteiger partial charge in [0.05, 0.1) is 33.5 Å². The molecular weight excluding hydrogens is 488 g/mol. The number of nitrogens with zero attached hydrogens (tertiary/aromatic N) is 4. The fourth-order valence-corrected chi connectivity index (χ4v) is 5.80. The van der Waals surface area contributed by atoms with Crippen LogP contribution in [0.5, 0.6) is 0 Å². The van der Waals surface area contributed by atoms with Crippen LogP contribution in [-0.4, -0.2) is 19.1 Å². The van der Waals surface area contributed by atoms with E-state index in [-0.39, 0.29) is 5.41 Å². The van der Waals surface area contributed by atoms with Crippen LogP contribution in [0.2, 0.25) is 0 Å². The third-order valence-electron chi connectivity index (χ3n) is 7.77. The summed E-state index contributed by atoms with van der Waals surface area (Å²) in [5.41, 5.74) is 8.32. The van der Waals surface area contributed by atoms with Gasteiger partial charge in [-0.15, -0.1) is 0 Å². The quantitative estimate of drug-likeness (QED) is 0.233. The molecule has 0 saturated heterocycles. The van der Waals surface area contributed by atoms with E-state index in [9.17, 15) is 0 Å². The fourth-order valence-electron chi connectivity index (χ4n) is 5.80. The highest BCUT2D eigenvalue weighted by molar-refractivity contribution is 6.11. The molecule has 194 valence electrons. The van der Waals surface area contributed by atoms with Crippen molar-refractivity contribution in [3.63, 3.8) is 0 Å². The van der Waals surface area contributed by atoms with Crippen LogP contribution in [0.25, 0.3) is 78.5 Å². The largest absolute Gasteiger partial charge is 0.317 e. The number of aromatic nitrogens is 4. The molecule has 0 atom stereocenters. The number of fused-ring (bicyclic) bond motifs is 6. The molecule has 0 radical (unpaired) electrons. The first-order valence-electron chi connectivity index (χ1n) is 13.6. The number of para-hydroxylation sites is 2. The molecule has 0 bridgehead atoms. The Balaban J connectivity index is 1.46. The Labute approximate surface area is 233 Å². The second-order valence-corrected chi connectivity index (χ2v) is 11.3. The van der Waals surface area contributed by atoms with E-state index in [0.717, 1.165) is 50.4 Å². The Hall–Kier alpha value is -4.96. The van der Waals surface area contributed by atoms with Crippen LogP contribution in [-0.2, 0) is 5.41 Å². The summed E-state index contributed by atoms with van der Waals surface area (Å²) in [5.74, 6) is 0.822. The maximum atomic E-state index is 5.09. The molecular formula is C36H30N4. The molecule has 4 aromatic carbocycles. The molecule has 7 rings (SSSR count). The zero-order valence-corrected chi connectivity index (χ0v) is 23.0. The molecule has 0 unspecified atom stereocenters. The maximum Gasteiger partial charge on any atom is 0.135 e. The lowest BCUT2D eigenvalue weighted by Crippen LogP contribution is -2.17. The first-order chi connectivity index (χ1) is 19.4. The highest BCUT2D eigenvalue weighted by Crippen LogP contribution is 2.36. The molecule has 4 heteroatoms. The van der Waals surface area contributed by atoms with Crippen molar-refractivity contribution >= 4 is 56.0 Å². The van der Waals surface area contributed by atoms with Gasteiger partial charge in [0.2, 0.25) is 0 Å². The summed E-state index contributed by atoms with van der Waals surface area (Å²) >= 11 is 0.